The van der Waals surface area contributed by atoms with Gasteiger partial charge < -0.3 is 9.79 Å². The number of non-ortho nitro benzene ring substituents is 1. The maximum atomic E-state index is 10.1. The van der Waals surface area contributed by atoms with E-state index < -0.39 is 4.92 Å². The summed E-state index contributed by atoms with van der Waals surface area (Å²) in [6, 6.07) is 15.4. The van der Waals surface area contributed by atoms with Gasteiger partial charge in [0, 0.05) is 17.5 Å². The molecule has 0 amide bonds. The molecule has 1 saturated heterocycles. The topological polar surface area (TPSA) is 75.8 Å². The normalized spacial score (nSPS) is 26.7. The fraction of sp³-hybridized carbons (Fsp3) is 0.478. The van der Waals surface area contributed by atoms with E-state index in [9.17, 15) is 10.1 Å². The molecule has 5 rings (SSSR count). The van der Waals surface area contributed by atoms with Crippen molar-refractivity contribution in [2.75, 3.05) is 13.6 Å². The number of hydrogen-bond acceptors (Lipinski definition) is 5. The van der Waals surface area contributed by atoms with E-state index in [1.165, 1.54) is 63.3 Å². The van der Waals surface area contributed by atoms with E-state index in [1.54, 1.807) is 11.1 Å². The van der Waals surface area contributed by atoms with E-state index in [2.05, 4.69) is 41.1 Å². The van der Waals surface area contributed by atoms with Crippen LogP contribution < -0.4 is 4.89 Å². The standard InChI is InChI=1S/C17H23N.C6H5NO4.ClH/c1-18-11-10-17-9-5-4-8-15(17)16(18)12-13-6-2-3-7-14(13)17;8-7(9)5-2-1-3-6(4-5)11-10;/h2-3,6-7,15-16H,4-5,8-12H2,1H3;1-4,10H;1H/t15-,16+,17-;;/m0../s1. The predicted octanol–water partition coefficient (Wildman–Crippen LogP) is 5.24. The number of fused-ring (bicyclic) bond motifs is 1. The van der Waals surface area contributed by atoms with Gasteiger partial charge in [-0.1, -0.05) is 43.2 Å². The van der Waals surface area contributed by atoms with Crippen LogP contribution in [0.15, 0.2) is 48.5 Å². The monoisotopic (exact) mass is 432 g/mol. The molecule has 2 bridgehead atoms. The van der Waals surface area contributed by atoms with Crippen molar-refractivity contribution >= 4 is 18.1 Å². The molecular weight excluding hydrogens is 404 g/mol. The second-order valence-corrected chi connectivity index (χ2v) is 8.51. The minimum absolute atomic E-state index is 0. The third-order valence-corrected chi connectivity index (χ3v) is 7.16. The largest absolute Gasteiger partial charge is 0.340 e. The average Bonchev–Trinajstić information content (AvgIpc) is 2.77. The summed E-state index contributed by atoms with van der Waals surface area (Å²) in [5.74, 6) is 0.985. The molecule has 30 heavy (non-hydrogen) atoms. The first-order valence-corrected chi connectivity index (χ1v) is 10.4. The lowest BCUT2D eigenvalue weighted by molar-refractivity contribution is -0.385. The number of halogens is 1. The zero-order valence-electron chi connectivity index (χ0n) is 17.2. The zero-order valence-corrected chi connectivity index (χ0v) is 18.0. The number of hydrogen-bond donors (Lipinski definition) is 1. The van der Waals surface area contributed by atoms with Crippen LogP contribution in [-0.2, 0) is 11.8 Å². The molecule has 1 N–H and O–H groups in total. The molecule has 2 aromatic rings. The number of likely N-dealkylation sites (tertiary alicyclic amines) is 1. The molecule has 0 spiro atoms. The molecule has 0 aromatic heterocycles. The van der Waals surface area contributed by atoms with Crippen molar-refractivity contribution < 1.29 is 15.1 Å². The van der Waals surface area contributed by atoms with Crippen molar-refractivity contribution in [3.05, 3.63) is 69.8 Å². The van der Waals surface area contributed by atoms with Gasteiger partial charge in [-0.2, -0.15) is 0 Å². The lowest BCUT2D eigenvalue weighted by Gasteiger charge is -2.58. The minimum Gasteiger partial charge on any atom is -0.340 e. The second-order valence-electron chi connectivity index (χ2n) is 8.51. The van der Waals surface area contributed by atoms with Gasteiger partial charge in [0.25, 0.3) is 5.69 Å². The third-order valence-electron chi connectivity index (χ3n) is 7.16. The first kappa shape index (κ1) is 22.5. The average molecular weight is 433 g/mol. The van der Waals surface area contributed by atoms with E-state index in [0.717, 1.165) is 18.0 Å². The Morgan fingerprint density at radius 1 is 1.17 bits per heavy atom. The molecular formula is C23H29ClN2O4. The molecule has 6 nitrogen and oxygen atoms in total. The van der Waals surface area contributed by atoms with Crippen LogP contribution in [0.5, 0.6) is 5.75 Å². The lowest BCUT2D eigenvalue weighted by Crippen LogP contribution is -2.59. The number of nitro benzene ring substituents is 1. The number of nitro groups is 1. The molecule has 0 radical (unpaired) electrons. The van der Waals surface area contributed by atoms with Gasteiger partial charge in [-0.25, -0.2) is 5.26 Å². The molecule has 0 unspecified atom stereocenters. The smallest absolute Gasteiger partial charge is 0.273 e. The Balaban J connectivity index is 0.000000186. The van der Waals surface area contributed by atoms with E-state index in [-0.39, 0.29) is 23.8 Å². The summed E-state index contributed by atoms with van der Waals surface area (Å²) >= 11 is 0. The van der Waals surface area contributed by atoms with E-state index in [1.807, 2.05) is 0 Å². The summed E-state index contributed by atoms with van der Waals surface area (Å²) in [5, 5.41) is 18.3. The highest BCUT2D eigenvalue weighted by Gasteiger charge is 2.52. The Kier molecular flexibility index (Phi) is 7.01. The van der Waals surface area contributed by atoms with Gasteiger partial charge in [-0.15, -0.1) is 12.4 Å². The second kappa shape index (κ2) is 9.33. The van der Waals surface area contributed by atoms with Crippen molar-refractivity contribution in [3.8, 4) is 5.75 Å². The Morgan fingerprint density at radius 3 is 2.73 bits per heavy atom. The number of piperidine rings is 1. The molecule has 3 atom stereocenters. The van der Waals surface area contributed by atoms with Crippen molar-refractivity contribution in [1.29, 1.82) is 0 Å². The molecule has 7 heteroatoms. The number of benzene rings is 2. The summed E-state index contributed by atoms with van der Waals surface area (Å²) in [5.41, 5.74) is 3.80. The molecule has 2 fully saturated rings. The van der Waals surface area contributed by atoms with Crippen LogP contribution in [0.3, 0.4) is 0 Å². The van der Waals surface area contributed by atoms with Crippen LogP contribution in [0.2, 0.25) is 0 Å². The van der Waals surface area contributed by atoms with Gasteiger partial charge in [0.2, 0.25) is 0 Å². The number of likely N-dealkylation sites (N-methyl/N-ethyl adjacent to an activating group) is 1. The first-order valence-electron chi connectivity index (χ1n) is 10.4. The Morgan fingerprint density at radius 2 is 1.97 bits per heavy atom. The van der Waals surface area contributed by atoms with E-state index >= 15 is 0 Å². The van der Waals surface area contributed by atoms with Crippen molar-refractivity contribution in [1.82, 2.24) is 4.90 Å². The highest BCUT2D eigenvalue weighted by atomic mass is 35.5. The van der Waals surface area contributed by atoms with Gasteiger partial charge in [0.1, 0.15) is 0 Å². The van der Waals surface area contributed by atoms with Crippen LogP contribution in [0.25, 0.3) is 0 Å². The molecule has 1 saturated carbocycles. The highest BCUT2D eigenvalue weighted by Crippen LogP contribution is 2.55. The zero-order chi connectivity index (χ0) is 20.4. The molecule has 2 aromatic carbocycles. The Hall–Kier alpha value is -2.15. The first-order chi connectivity index (χ1) is 14.0. The molecule has 2 aliphatic carbocycles. The Labute approximate surface area is 183 Å². The fourth-order valence-corrected chi connectivity index (χ4v) is 5.82. The summed E-state index contributed by atoms with van der Waals surface area (Å²) < 4.78 is 0. The Bertz CT molecular complexity index is 893. The maximum absolute atomic E-state index is 10.1. The summed E-state index contributed by atoms with van der Waals surface area (Å²) in [6.07, 6.45) is 8.49. The van der Waals surface area contributed by atoms with Gasteiger partial charge in [0.15, 0.2) is 5.75 Å². The van der Waals surface area contributed by atoms with Crippen molar-refractivity contribution in [3.63, 3.8) is 0 Å². The maximum Gasteiger partial charge on any atom is 0.273 e. The van der Waals surface area contributed by atoms with Crippen molar-refractivity contribution in [2.24, 2.45) is 5.92 Å². The van der Waals surface area contributed by atoms with E-state index in [0.29, 0.717) is 5.41 Å². The van der Waals surface area contributed by atoms with Crippen LogP contribution in [0.1, 0.15) is 43.2 Å². The number of nitrogens with zero attached hydrogens (tertiary/aromatic N) is 2. The summed E-state index contributed by atoms with van der Waals surface area (Å²) in [7, 11) is 2.34. The fourth-order valence-electron chi connectivity index (χ4n) is 5.82. The quantitative estimate of drug-likeness (QED) is 0.398. The molecule has 1 heterocycles. The van der Waals surface area contributed by atoms with Crippen LogP contribution in [-0.4, -0.2) is 34.7 Å². The SMILES string of the molecule is CN1CC[C@]23CCCC[C@H]2[C@H]1Cc1ccccc13.Cl.O=[N+]([O-])c1cccc(OO)c1. The summed E-state index contributed by atoms with van der Waals surface area (Å²) in [6.45, 7) is 1.30. The van der Waals surface area contributed by atoms with Gasteiger partial charge in [-0.3, -0.25) is 10.1 Å². The summed E-state index contributed by atoms with van der Waals surface area (Å²) in [4.78, 5) is 16.0. The third kappa shape index (κ3) is 4.04. The predicted molar refractivity (Wildman–Crippen MR) is 118 cm³/mol. The van der Waals surface area contributed by atoms with Crippen LogP contribution in [0.4, 0.5) is 5.69 Å². The lowest BCUT2D eigenvalue weighted by atomic mass is 9.52. The highest BCUT2D eigenvalue weighted by molar-refractivity contribution is 5.85. The van der Waals surface area contributed by atoms with Gasteiger partial charge in [0.05, 0.1) is 11.0 Å². The molecule has 162 valence electrons. The van der Waals surface area contributed by atoms with Crippen molar-refractivity contribution in [2.45, 2.75) is 50.0 Å². The molecule has 1 aliphatic heterocycles. The van der Waals surface area contributed by atoms with Gasteiger partial charge in [-0.05, 0) is 62.4 Å². The van der Waals surface area contributed by atoms with Crippen LogP contribution in [0, 0.1) is 16.0 Å². The van der Waals surface area contributed by atoms with E-state index in [4.69, 9.17) is 5.26 Å². The van der Waals surface area contributed by atoms with Gasteiger partial charge >= 0.3 is 0 Å². The number of rotatable bonds is 2. The van der Waals surface area contributed by atoms with Crippen LogP contribution >= 0.6 is 12.4 Å². The molecule has 3 aliphatic rings. The minimum atomic E-state index is -0.567.